The van der Waals surface area contributed by atoms with Gasteiger partial charge >= 0.3 is 0 Å². The van der Waals surface area contributed by atoms with Crippen molar-refractivity contribution in [2.75, 3.05) is 39.2 Å². The number of rotatable bonds is 3. The number of methoxy groups -OCH3 is 1. The van der Waals surface area contributed by atoms with Gasteiger partial charge in [-0.2, -0.15) is 0 Å². The number of hydrogen-bond donors (Lipinski definition) is 0. The SMILES string of the molecule is COc1cc(N2CC[C@@H](N(C)C)C2)ccc1C. The van der Waals surface area contributed by atoms with Crippen molar-refractivity contribution < 1.29 is 4.74 Å². The summed E-state index contributed by atoms with van der Waals surface area (Å²) in [4.78, 5) is 4.75. The van der Waals surface area contributed by atoms with Crippen LogP contribution in [0.25, 0.3) is 0 Å². The van der Waals surface area contributed by atoms with Crippen LogP contribution < -0.4 is 9.64 Å². The number of likely N-dealkylation sites (N-methyl/N-ethyl adjacent to an activating group) is 1. The van der Waals surface area contributed by atoms with Gasteiger partial charge < -0.3 is 14.5 Å². The minimum Gasteiger partial charge on any atom is -0.496 e. The zero-order valence-corrected chi connectivity index (χ0v) is 11.2. The Morgan fingerprint density at radius 3 is 2.71 bits per heavy atom. The molecule has 1 aliphatic heterocycles. The van der Waals surface area contributed by atoms with Gasteiger partial charge in [-0.3, -0.25) is 0 Å². The highest BCUT2D eigenvalue weighted by atomic mass is 16.5. The molecule has 1 aromatic carbocycles. The topological polar surface area (TPSA) is 15.7 Å². The molecule has 0 aliphatic carbocycles. The number of benzene rings is 1. The molecule has 94 valence electrons. The van der Waals surface area contributed by atoms with E-state index in [0.29, 0.717) is 6.04 Å². The largest absolute Gasteiger partial charge is 0.496 e. The zero-order valence-electron chi connectivity index (χ0n) is 11.2. The molecule has 0 bridgehead atoms. The van der Waals surface area contributed by atoms with Crippen LogP contribution in [0.1, 0.15) is 12.0 Å². The van der Waals surface area contributed by atoms with Crippen LogP contribution >= 0.6 is 0 Å². The Labute approximate surface area is 104 Å². The van der Waals surface area contributed by atoms with Crippen LogP contribution in [-0.4, -0.2) is 45.2 Å². The standard InChI is InChI=1S/C14H22N2O/c1-11-5-6-12(9-14(11)17-4)16-8-7-13(10-16)15(2)3/h5-6,9,13H,7-8,10H2,1-4H3/t13-/m1/s1. The molecule has 1 aliphatic rings. The highest BCUT2D eigenvalue weighted by molar-refractivity contribution is 5.54. The first kappa shape index (κ1) is 12.2. The Morgan fingerprint density at radius 1 is 1.35 bits per heavy atom. The third-order valence-electron chi connectivity index (χ3n) is 3.65. The minimum atomic E-state index is 0.669. The fourth-order valence-electron chi connectivity index (χ4n) is 2.40. The molecule has 1 heterocycles. The van der Waals surface area contributed by atoms with Crippen molar-refractivity contribution in [1.82, 2.24) is 4.90 Å². The first-order valence-electron chi connectivity index (χ1n) is 6.18. The van der Waals surface area contributed by atoms with Gasteiger partial charge in [-0.25, -0.2) is 0 Å². The highest BCUT2D eigenvalue weighted by Gasteiger charge is 2.24. The minimum absolute atomic E-state index is 0.669. The highest BCUT2D eigenvalue weighted by Crippen LogP contribution is 2.28. The second-order valence-corrected chi connectivity index (χ2v) is 5.01. The predicted molar refractivity (Wildman–Crippen MR) is 72.0 cm³/mol. The summed E-state index contributed by atoms with van der Waals surface area (Å²) in [6.45, 7) is 4.32. The molecule has 3 nitrogen and oxygen atoms in total. The van der Waals surface area contributed by atoms with Gasteiger partial charge in [-0.05, 0) is 39.1 Å². The lowest BCUT2D eigenvalue weighted by atomic mass is 10.2. The van der Waals surface area contributed by atoms with Crippen molar-refractivity contribution >= 4 is 5.69 Å². The van der Waals surface area contributed by atoms with E-state index in [1.165, 1.54) is 17.7 Å². The maximum absolute atomic E-state index is 5.38. The van der Waals surface area contributed by atoms with E-state index in [9.17, 15) is 0 Å². The van der Waals surface area contributed by atoms with Gasteiger partial charge in [0.1, 0.15) is 5.75 Å². The monoisotopic (exact) mass is 234 g/mol. The van der Waals surface area contributed by atoms with E-state index in [1.54, 1.807) is 7.11 Å². The lowest BCUT2D eigenvalue weighted by Gasteiger charge is -2.22. The third-order valence-corrected chi connectivity index (χ3v) is 3.65. The van der Waals surface area contributed by atoms with Crippen molar-refractivity contribution in [3.05, 3.63) is 23.8 Å². The molecule has 3 heteroatoms. The van der Waals surface area contributed by atoms with E-state index in [4.69, 9.17) is 4.74 Å². The van der Waals surface area contributed by atoms with Gasteiger partial charge in [0.2, 0.25) is 0 Å². The van der Waals surface area contributed by atoms with Gasteiger partial charge in [0, 0.05) is 30.9 Å². The number of hydrogen-bond acceptors (Lipinski definition) is 3. The van der Waals surface area contributed by atoms with E-state index in [2.05, 4.69) is 49.0 Å². The molecule has 0 N–H and O–H groups in total. The van der Waals surface area contributed by atoms with Crippen molar-refractivity contribution in [2.45, 2.75) is 19.4 Å². The lowest BCUT2D eigenvalue weighted by molar-refractivity contribution is 0.315. The number of ether oxygens (including phenoxy) is 1. The average Bonchev–Trinajstić information content (AvgIpc) is 2.79. The Balaban J connectivity index is 2.13. The van der Waals surface area contributed by atoms with E-state index < -0.39 is 0 Å². The molecule has 0 amide bonds. The van der Waals surface area contributed by atoms with Gasteiger partial charge in [0.15, 0.2) is 0 Å². The molecule has 0 unspecified atom stereocenters. The van der Waals surface area contributed by atoms with E-state index >= 15 is 0 Å². The number of aryl methyl sites for hydroxylation is 1. The van der Waals surface area contributed by atoms with Crippen molar-refractivity contribution in [3.63, 3.8) is 0 Å². The van der Waals surface area contributed by atoms with Gasteiger partial charge in [-0.15, -0.1) is 0 Å². The van der Waals surface area contributed by atoms with Crippen LogP contribution in [0.5, 0.6) is 5.75 Å². The molecule has 0 aromatic heterocycles. The molecular weight excluding hydrogens is 212 g/mol. The van der Waals surface area contributed by atoms with Gasteiger partial charge in [-0.1, -0.05) is 6.07 Å². The van der Waals surface area contributed by atoms with Crippen LogP contribution in [-0.2, 0) is 0 Å². The van der Waals surface area contributed by atoms with E-state index in [0.717, 1.165) is 18.8 Å². The van der Waals surface area contributed by atoms with Crippen LogP contribution in [0.3, 0.4) is 0 Å². The van der Waals surface area contributed by atoms with Crippen LogP contribution in [0.2, 0.25) is 0 Å². The van der Waals surface area contributed by atoms with Crippen LogP contribution in [0.4, 0.5) is 5.69 Å². The molecule has 1 aromatic rings. The smallest absolute Gasteiger partial charge is 0.123 e. The third kappa shape index (κ3) is 2.55. The summed E-state index contributed by atoms with van der Waals surface area (Å²) in [5, 5.41) is 0. The van der Waals surface area contributed by atoms with Crippen molar-refractivity contribution in [1.29, 1.82) is 0 Å². The van der Waals surface area contributed by atoms with Gasteiger partial charge in [0.05, 0.1) is 7.11 Å². The van der Waals surface area contributed by atoms with Crippen LogP contribution in [0, 0.1) is 6.92 Å². The quantitative estimate of drug-likeness (QED) is 0.797. The molecule has 17 heavy (non-hydrogen) atoms. The first-order chi connectivity index (χ1) is 8.11. The zero-order chi connectivity index (χ0) is 12.4. The second kappa shape index (κ2) is 4.96. The number of nitrogens with zero attached hydrogens (tertiary/aromatic N) is 2. The maximum Gasteiger partial charge on any atom is 0.123 e. The lowest BCUT2D eigenvalue weighted by Crippen LogP contribution is -2.31. The summed E-state index contributed by atoms with van der Waals surface area (Å²) in [6.07, 6.45) is 1.24. The summed E-state index contributed by atoms with van der Waals surface area (Å²) < 4.78 is 5.38. The Bertz CT molecular complexity index is 390. The Kier molecular flexibility index (Phi) is 3.57. The molecule has 2 rings (SSSR count). The molecular formula is C14H22N2O. The fraction of sp³-hybridized carbons (Fsp3) is 0.571. The first-order valence-corrected chi connectivity index (χ1v) is 6.18. The molecule has 1 atom stereocenters. The van der Waals surface area contributed by atoms with E-state index in [-0.39, 0.29) is 0 Å². The predicted octanol–water partition coefficient (Wildman–Crippen LogP) is 2.14. The normalized spacial score (nSPS) is 20.1. The Morgan fingerprint density at radius 2 is 2.12 bits per heavy atom. The summed E-state index contributed by atoms with van der Waals surface area (Å²) >= 11 is 0. The summed E-state index contributed by atoms with van der Waals surface area (Å²) in [5.41, 5.74) is 2.47. The van der Waals surface area contributed by atoms with Gasteiger partial charge in [0.25, 0.3) is 0 Å². The second-order valence-electron chi connectivity index (χ2n) is 5.01. The number of anilines is 1. The summed E-state index contributed by atoms with van der Waals surface area (Å²) in [6, 6.07) is 7.14. The molecule has 0 radical (unpaired) electrons. The van der Waals surface area contributed by atoms with Crippen molar-refractivity contribution in [2.24, 2.45) is 0 Å². The maximum atomic E-state index is 5.38. The fourth-order valence-corrected chi connectivity index (χ4v) is 2.40. The van der Waals surface area contributed by atoms with Crippen LogP contribution in [0.15, 0.2) is 18.2 Å². The summed E-state index contributed by atoms with van der Waals surface area (Å²) in [7, 11) is 6.05. The molecule has 1 saturated heterocycles. The summed E-state index contributed by atoms with van der Waals surface area (Å²) in [5.74, 6) is 0.982. The van der Waals surface area contributed by atoms with E-state index in [1.807, 2.05) is 0 Å². The van der Waals surface area contributed by atoms with Crippen molar-refractivity contribution in [3.8, 4) is 5.75 Å². The molecule has 0 saturated carbocycles. The Hall–Kier alpha value is -1.22. The molecule has 1 fully saturated rings. The molecule has 0 spiro atoms. The average molecular weight is 234 g/mol.